The number of hydrogen-bond donors (Lipinski definition) is 1. The second-order valence-corrected chi connectivity index (χ2v) is 14.2. The van der Waals surface area contributed by atoms with Crippen molar-refractivity contribution in [1.82, 2.24) is 29.6 Å². The largest absolute Gasteiger partial charge is 0.508 e. The second-order valence-electron chi connectivity index (χ2n) is 14.2. The van der Waals surface area contributed by atoms with E-state index >= 15 is 8.78 Å². The van der Waals surface area contributed by atoms with E-state index in [0.717, 1.165) is 19.4 Å². The first-order chi connectivity index (χ1) is 25.0. The fourth-order valence-electron chi connectivity index (χ4n) is 8.52. The first-order valence-electron chi connectivity index (χ1n) is 17.7. The Morgan fingerprint density at radius 1 is 1.10 bits per heavy atom. The Labute approximate surface area is 298 Å². The molecule has 11 nitrogen and oxygen atoms in total. The highest BCUT2D eigenvalue weighted by Crippen LogP contribution is 2.42. The van der Waals surface area contributed by atoms with E-state index in [-0.39, 0.29) is 41.0 Å². The number of piperidine rings is 1. The summed E-state index contributed by atoms with van der Waals surface area (Å²) in [6, 6.07) is 7.45. The number of benzene rings is 2. The summed E-state index contributed by atoms with van der Waals surface area (Å²) in [6.45, 7) is 5.53. The number of hydrogen-bond acceptors (Lipinski definition) is 10. The van der Waals surface area contributed by atoms with Gasteiger partial charge < -0.3 is 19.5 Å². The molecule has 3 aliphatic rings. The van der Waals surface area contributed by atoms with Crippen molar-refractivity contribution in [2.75, 3.05) is 44.8 Å². The van der Waals surface area contributed by atoms with Gasteiger partial charge in [0.05, 0.1) is 16.6 Å². The van der Waals surface area contributed by atoms with Gasteiger partial charge in [-0.3, -0.25) is 14.7 Å². The van der Waals surface area contributed by atoms with Gasteiger partial charge in [-0.2, -0.15) is 15.1 Å². The molecule has 2 aromatic carbocycles. The number of anilines is 1. The van der Waals surface area contributed by atoms with E-state index < -0.39 is 28.9 Å². The molecule has 6 heterocycles. The maximum absolute atomic E-state index is 17.0. The molecule has 0 bridgehead atoms. The molecule has 52 heavy (non-hydrogen) atoms. The van der Waals surface area contributed by atoms with Gasteiger partial charge in [0, 0.05) is 64.0 Å². The van der Waals surface area contributed by atoms with Crippen LogP contribution < -0.4 is 9.64 Å². The summed E-state index contributed by atoms with van der Waals surface area (Å²) in [5, 5.41) is 16.2. The zero-order valence-electron chi connectivity index (χ0n) is 29.3. The molecular weight excluding hydrogens is 675 g/mol. The summed E-state index contributed by atoms with van der Waals surface area (Å²) in [7, 11) is 1.51. The quantitative estimate of drug-likeness (QED) is 0.200. The SMILES string of the molecule is CCc1c(F)ccc2cc(O)cc(-c3ncc4c(N5CCC(OC)(C(=O)n6ccc(C)n6)CC5)nc(OC[C@@]56CCCN5C[C@H](F)C6)nc4c3F)c12. The standard InChI is InChI=1S/C38H40F3N7O4/c1-4-26-29(40)7-6-23-16-25(49)17-27(30(23)26)32-31(41)33-28(19-42-32)34(44-36(43-33)52-21-37-9-5-12-47(37)20-24(39)18-37)46-14-10-38(51-3,11-15-46)35(50)48-13-8-22(2)45-48/h6-8,13,16-17,19,24,49H,4-5,9-12,14-15,18,20-21H2,1-3H3/t24-,37+/m1/s1. The highest BCUT2D eigenvalue weighted by molar-refractivity contribution is 6.02. The van der Waals surface area contributed by atoms with Gasteiger partial charge in [-0.15, -0.1) is 0 Å². The van der Waals surface area contributed by atoms with Gasteiger partial charge in [0.25, 0.3) is 5.91 Å². The normalized spacial score (nSPS) is 21.7. The minimum absolute atomic E-state index is 0.0711. The number of nitrogens with zero attached hydrogens (tertiary/aromatic N) is 7. The molecule has 272 valence electrons. The predicted octanol–water partition coefficient (Wildman–Crippen LogP) is 6.18. The molecule has 3 aliphatic heterocycles. The van der Waals surface area contributed by atoms with Crippen molar-refractivity contribution in [2.45, 2.75) is 69.7 Å². The highest BCUT2D eigenvalue weighted by Gasteiger charge is 2.49. The Balaban J connectivity index is 1.22. The zero-order chi connectivity index (χ0) is 36.4. The average Bonchev–Trinajstić information content (AvgIpc) is 3.84. The van der Waals surface area contributed by atoms with Gasteiger partial charge in [-0.05, 0) is 73.3 Å². The van der Waals surface area contributed by atoms with Crippen LogP contribution in [0.25, 0.3) is 32.9 Å². The van der Waals surface area contributed by atoms with Crippen LogP contribution in [0, 0.1) is 18.6 Å². The van der Waals surface area contributed by atoms with E-state index in [1.807, 2.05) is 11.8 Å². The average molecular weight is 716 g/mol. The number of aromatic nitrogens is 5. The second kappa shape index (κ2) is 13.0. The Kier molecular flexibility index (Phi) is 8.56. The molecule has 2 atom stereocenters. The van der Waals surface area contributed by atoms with Crippen molar-refractivity contribution in [3.8, 4) is 23.0 Å². The predicted molar refractivity (Wildman–Crippen MR) is 189 cm³/mol. The van der Waals surface area contributed by atoms with Crippen LogP contribution in [0.5, 0.6) is 11.8 Å². The van der Waals surface area contributed by atoms with Crippen LogP contribution in [0.15, 0.2) is 42.7 Å². The van der Waals surface area contributed by atoms with Gasteiger partial charge >= 0.3 is 6.01 Å². The van der Waals surface area contributed by atoms with Crippen molar-refractivity contribution in [3.05, 3.63) is 65.6 Å². The molecule has 3 fully saturated rings. The summed E-state index contributed by atoms with van der Waals surface area (Å²) in [6.07, 6.45) is 5.10. The fourth-order valence-corrected chi connectivity index (χ4v) is 8.52. The van der Waals surface area contributed by atoms with Crippen LogP contribution in [0.2, 0.25) is 0 Å². The van der Waals surface area contributed by atoms with Gasteiger partial charge in [0.1, 0.15) is 41.4 Å². The van der Waals surface area contributed by atoms with Gasteiger partial charge in [0.2, 0.25) is 0 Å². The van der Waals surface area contributed by atoms with Crippen molar-refractivity contribution in [3.63, 3.8) is 0 Å². The lowest BCUT2D eigenvalue weighted by Crippen LogP contribution is -2.53. The van der Waals surface area contributed by atoms with E-state index in [9.17, 15) is 14.3 Å². The Morgan fingerprint density at radius 2 is 1.90 bits per heavy atom. The molecule has 14 heteroatoms. The molecular formula is C38H40F3N7O4. The minimum atomic E-state index is -1.13. The number of aryl methyl sites for hydroxylation is 2. The first kappa shape index (κ1) is 34.3. The van der Waals surface area contributed by atoms with Crippen molar-refractivity contribution < 1.29 is 32.5 Å². The molecule has 0 unspecified atom stereocenters. The number of alkyl halides is 1. The molecule has 0 radical (unpaired) electrons. The molecule has 5 aromatic rings. The van der Waals surface area contributed by atoms with E-state index in [1.165, 1.54) is 36.2 Å². The molecule has 1 N–H and O–H groups in total. The number of rotatable bonds is 8. The van der Waals surface area contributed by atoms with Crippen LogP contribution in [-0.2, 0) is 11.2 Å². The van der Waals surface area contributed by atoms with Crippen LogP contribution in [0.4, 0.5) is 19.0 Å². The molecule has 0 aliphatic carbocycles. The molecule has 0 amide bonds. The summed E-state index contributed by atoms with van der Waals surface area (Å²) in [5.74, 6) is -1.27. The van der Waals surface area contributed by atoms with Crippen LogP contribution >= 0.6 is 0 Å². The van der Waals surface area contributed by atoms with Crippen LogP contribution in [0.1, 0.15) is 55.1 Å². The Hall–Kier alpha value is -4.82. The van der Waals surface area contributed by atoms with E-state index in [0.29, 0.717) is 78.6 Å². The third-order valence-corrected chi connectivity index (χ3v) is 11.2. The van der Waals surface area contributed by atoms with E-state index in [1.54, 1.807) is 25.3 Å². The third-order valence-electron chi connectivity index (χ3n) is 11.2. The Morgan fingerprint density at radius 3 is 2.63 bits per heavy atom. The van der Waals surface area contributed by atoms with Crippen LogP contribution in [0.3, 0.4) is 0 Å². The number of carbonyl (C=O) groups excluding carboxylic acids is 1. The van der Waals surface area contributed by atoms with Crippen molar-refractivity contribution >= 4 is 33.4 Å². The maximum Gasteiger partial charge on any atom is 0.319 e. The Bertz CT molecular complexity index is 2210. The third kappa shape index (κ3) is 5.63. The summed E-state index contributed by atoms with van der Waals surface area (Å²) >= 11 is 0. The first-order valence-corrected chi connectivity index (χ1v) is 17.7. The minimum Gasteiger partial charge on any atom is -0.508 e. The number of pyridine rings is 1. The number of phenolic OH excluding ortho intramolecular Hbond substituents is 1. The summed E-state index contributed by atoms with van der Waals surface area (Å²) in [4.78, 5) is 31.5. The highest BCUT2D eigenvalue weighted by atomic mass is 19.1. The fraction of sp³-hybridized carbons (Fsp3) is 0.447. The summed E-state index contributed by atoms with van der Waals surface area (Å²) in [5.41, 5.74) is -0.498. The monoisotopic (exact) mass is 715 g/mol. The number of aromatic hydroxyl groups is 1. The van der Waals surface area contributed by atoms with E-state index in [4.69, 9.17) is 14.5 Å². The number of halogens is 3. The zero-order valence-corrected chi connectivity index (χ0v) is 29.3. The lowest BCUT2D eigenvalue weighted by molar-refractivity contribution is -0.0203. The van der Waals surface area contributed by atoms with E-state index in [2.05, 4.69) is 20.0 Å². The summed E-state index contributed by atoms with van der Waals surface area (Å²) < 4.78 is 60.1. The number of carbonyl (C=O) groups is 1. The van der Waals surface area contributed by atoms with Crippen LogP contribution in [-0.4, -0.2) is 97.9 Å². The topological polar surface area (TPSA) is 119 Å². The molecule has 3 saturated heterocycles. The molecule has 0 spiro atoms. The number of ether oxygens (including phenoxy) is 2. The lowest BCUT2D eigenvalue weighted by atomic mass is 9.90. The lowest BCUT2D eigenvalue weighted by Gasteiger charge is -2.40. The number of phenols is 1. The number of methoxy groups -OCH3 is 1. The van der Waals surface area contributed by atoms with Gasteiger partial charge in [-0.1, -0.05) is 13.0 Å². The van der Waals surface area contributed by atoms with Gasteiger partial charge in [-0.25, -0.2) is 17.9 Å². The maximum atomic E-state index is 17.0. The molecule has 3 aromatic heterocycles. The smallest absolute Gasteiger partial charge is 0.319 e. The molecule has 8 rings (SSSR count). The van der Waals surface area contributed by atoms with Gasteiger partial charge in [0.15, 0.2) is 11.4 Å². The van der Waals surface area contributed by atoms with Crippen molar-refractivity contribution in [2.24, 2.45) is 0 Å². The molecule has 0 saturated carbocycles. The number of fused-ring (bicyclic) bond motifs is 3. The van der Waals surface area contributed by atoms with Crippen molar-refractivity contribution in [1.29, 1.82) is 0 Å².